The van der Waals surface area contributed by atoms with Gasteiger partial charge < -0.3 is 0 Å². The van der Waals surface area contributed by atoms with Crippen LogP contribution in [0.1, 0.15) is 5.69 Å². The van der Waals surface area contributed by atoms with Crippen molar-refractivity contribution in [2.75, 3.05) is 0 Å². The van der Waals surface area contributed by atoms with Gasteiger partial charge in [0.2, 0.25) is 0 Å². The van der Waals surface area contributed by atoms with Gasteiger partial charge in [-0.3, -0.25) is 9.55 Å². The average molecular weight is 347 g/mol. The Labute approximate surface area is 129 Å². The minimum atomic E-state index is 0.763. The summed E-state index contributed by atoms with van der Waals surface area (Å²) in [5.74, 6) is 0.763. The molecular formula is C14H11BrN4S. The summed E-state index contributed by atoms with van der Waals surface area (Å²) in [6.45, 7) is 0. The molecule has 4 nitrogen and oxygen atoms in total. The second kappa shape index (κ2) is 6.19. The van der Waals surface area contributed by atoms with Crippen LogP contribution in [0.3, 0.4) is 0 Å². The lowest BCUT2D eigenvalue weighted by atomic mass is 10.3. The topological polar surface area (TPSA) is 43.6 Å². The van der Waals surface area contributed by atoms with Crippen LogP contribution in [0.5, 0.6) is 0 Å². The Balaban J connectivity index is 1.76. The first-order chi connectivity index (χ1) is 9.83. The summed E-state index contributed by atoms with van der Waals surface area (Å²) < 4.78 is 2.96. The number of hydrogen-bond acceptors (Lipinski definition) is 4. The maximum atomic E-state index is 4.35. The summed E-state index contributed by atoms with van der Waals surface area (Å²) in [4.78, 5) is 4.35. The second-order valence-corrected chi connectivity index (χ2v) is 5.93. The van der Waals surface area contributed by atoms with Crippen LogP contribution in [0, 0.1) is 0 Å². The molecule has 0 aliphatic heterocycles. The standard InChI is InChI=1S/C14H11BrN4S/c15-11-6-7-12(16-8-11)9-20-14-18-17-10-19(14)13-4-2-1-3-5-13/h1-8,10H,9H2. The third-order valence-electron chi connectivity index (χ3n) is 2.69. The molecule has 0 radical (unpaired) electrons. The van der Waals surface area contributed by atoms with Crippen LogP contribution >= 0.6 is 27.7 Å². The van der Waals surface area contributed by atoms with Crippen molar-refractivity contribution in [2.45, 2.75) is 10.9 Å². The number of para-hydroxylation sites is 1. The fourth-order valence-corrected chi connectivity index (χ4v) is 2.80. The van der Waals surface area contributed by atoms with Crippen LogP contribution in [-0.2, 0) is 5.75 Å². The predicted molar refractivity (Wildman–Crippen MR) is 82.9 cm³/mol. The number of rotatable bonds is 4. The number of aromatic nitrogens is 4. The molecule has 0 aliphatic rings. The van der Waals surface area contributed by atoms with Crippen LogP contribution in [0.15, 0.2) is 64.6 Å². The van der Waals surface area contributed by atoms with E-state index in [-0.39, 0.29) is 0 Å². The Kier molecular flexibility index (Phi) is 4.13. The summed E-state index contributed by atoms with van der Waals surface area (Å²) >= 11 is 5.00. The van der Waals surface area contributed by atoms with Gasteiger partial charge in [0.1, 0.15) is 6.33 Å². The molecule has 0 N–H and O–H groups in total. The quantitative estimate of drug-likeness (QED) is 0.675. The number of nitrogens with zero attached hydrogens (tertiary/aromatic N) is 4. The monoisotopic (exact) mass is 346 g/mol. The van der Waals surface area contributed by atoms with E-state index in [0.29, 0.717) is 0 Å². The van der Waals surface area contributed by atoms with Crippen molar-refractivity contribution < 1.29 is 0 Å². The molecule has 0 saturated carbocycles. The zero-order valence-corrected chi connectivity index (χ0v) is 12.9. The molecular weight excluding hydrogens is 336 g/mol. The van der Waals surface area contributed by atoms with Crippen molar-refractivity contribution in [3.63, 3.8) is 0 Å². The fraction of sp³-hybridized carbons (Fsp3) is 0.0714. The summed E-state index contributed by atoms with van der Waals surface area (Å²) in [7, 11) is 0. The minimum absolute atomic E-state index is 0.763. The second-order valence-electron chi connectivity index (χ2n) is 4.08. The maximum absolute atomic E-state index is 4.35. The minimum Gasteiger partial charge on any atom is -0.277 e. The SMILES string of the molecule is Brc1ccc(CSc2nncn2-c2ccccc2)nc1. The highest BCUT2D eigenvalue weighted by atomic mass is 79.9. The Morgan fingerprint density at radius 2 is 1.95 bits per heavy atom. The van der Waals surface area contributed by atoms with Gasteiger partial charge in [-0.25, -0.2) is 0 Å². The fourth-order valence-electron chi connectivity index (χ4n) is 1.72. The van der Waals surface area contributed by atoms with Crippen molar-refractivity contribution in [1.29, 1.82) is 0 Å². The van der Waals surface area contributed by atoms with Gasteiger partial charge in [-0.1, -0.05) is 30.0 Å². The first kappa shape index (κ1) is 13.3. The molecule has 0 unspecified atom stereocenters. The number of halogens is 1. The molecule has 3 aromatic rings. The normalized spacial score (nSPS) is 10.7. The van der Waals surface area contributed by atoms with E-state index < -0.39 is 0 Å². The van der Waals surface area contributed by atoms with Gasteiger partial charge in [-0.2, -0.15) is 0 Å². The largest absolute Gasteiger partial charge is 0.277 e. The molecule has 0 spiro atoms. The summed E-state index contributed by atoms with van der Waals surface area (Å²) in [6.07, 6.45) is 3.53. The molecule has 0 amide bonds. The molecule has 6 heteroatoms. The van der Waals surface area contributed by atoms with Crippen LogP contribution in [-0.4, -0.2) is 19.7 Å². The molecule has 20 heavy (non-hydrogen) atoms. The van der Waals surface area contributed by atoms with Crippen molar-refractivity contribution >= 4 is 27.7 Å². The van der Waals surface area contributed by atoms with E-state index in [1.807, 2.05) is 47.0 Å². The highest BCUT2D eigenvalue weighted by molar-refractivity contribution is 9.10. The number of benzene rings is 1. The number of pyridine rings is 1. The van der Waals surface area contributed by atoms with Crippen molar-refractivity contribution in [3.05, 3.63) is 65.2 Å². The molecule has 0 fully saturated rings. The Morgan fingerprint density at radius 1 is 1.10 bits per heavy atom. The van der Waals surface area contributed by atoms with E-state index in [0.717, 1.165) is 26.8 Å². The van der Waals surface area contributed by atoms with Gasteiger partial charge in [0.05, 0.1) is 5.69 Å². The molecule has 3 rings (SSSR count). The maximum Gasteiger partial charge on any atom is 0.195 e. The van der Waals surface area contributed by atoms with E-state index in [2.05, 4.69) is 31.1 Å². The van der Waals surface area contributed by atoms with Gasteiger partial charge in [-0.15, -0.1) is 10.2 Å². The molecule has 0 atom stereocenters. The Morgan fingerprint density at radius 3 is 2.70 bits per heavy atom. The van der Waals surface area contributed by atoms with Gasteiger partial charge >= 0.3 is 0 Å². The lowest BCUT2D eigenvalue weighted by Crippen LogP contribution is -1.95. The molecule has 100 valence electrons. The van der Waals surface area contributed by atoms with Gasteiger partial charge in [0.25, 0.3) is 0 Å². The van der Waals surface area contributed by atoms with Gasteiger partial charge in [-0.05, 0) is 40.2 Å². The molecule has 0 aliphatic carbocycles. The van der Waals surface area contributed by atoms with E-state index >= 15 is 0 Å². The van der Waals surface area contributed by atoms with Crippen molar-refractivity contribution in [1.82, 2.24) is 19.7 Å². The van der Waals surface area contributed by atoms with Crippen LogP contribution in [0.4, 0.5) is 0 Å². The van der Waals surface area contributed by atoms with Crippen LogP contribution in [0.2, 0.25) is 0 Å². The van der Waals surface area contributed by atoms with E-state index in [1.165, 1.54) is 0 Å². The van der Waals surface area contributed by atoms with E-state index in [4.69, 9.17) is 0 Å². The zero-order chi connectivity index (χ0) is 13.8. The highest BCUT2D eigenvalue weighted by Crippen LogP contribution is 2.22. The third-order valence-corrected chi connectivity index (χ3v) is 4.13. The average Bonchev–Trinajstić information content (AvgIpc) is 2.96. The lowest BCUT2D eigenvalue weighted by Gasteiger charge is -2.05. The highest BCUT2D eigenvalue weighted by Gasteiger charge is 2.07. The van der Waals surface area contributed by atoms with Crippen molar-refractivity contribution in [3.8, 4) is 5.69 Å². The van der Waals surface area contributed by atoms with E-state index in [9.17, 15) is 0 Å². The zero-order valence-electron chi connectivity index (χ0n) is 10.5. The lowest BCUT2D eigenvalue weighted by molar-refractivity contribution is 0.883. The Hall–Kier alpha value is -1.66. The molecule has 1 aromatic carbocycles. The van der Waals surface area contributed by atoms with Crippen LogP contribution in [0.25, 0.3) is 5.69 Å². The number of hydrogen-bond donors (Lipinski definition) is 0. The van der Waals surface area contributed by atoms with Crippen LogP contribution < -0.4 is 0 Å². The Bertz CT molecular complexity index is 682. The first-order valence-corrected chi connectivity index (χ1v) is 7.79. The smallest absolute Gasteiger partial charge is 0.195 e. The summed E-state index contributed by atoms with van der Waals surface area (Å²) in [6, 6.07) is 14.0. The van der Waals surface area contributed by atoms with E-state index in [1.54, 1.807) is 24.3 Å². The first-order valence-electron chi connectivity index (χ1n) is 6.01. The molecule has 2 heterocycles. The van der Waals surface area contributed by atoms with Gasteiger partial charge in [0.15, 0.2) is 5.16 Å². The molecule has 0 saturated heterocycles. The summed E-state index contributed by atoms with van der Waals surface area (Å²) in [5.41, 5.74) is 2.07. The third kappa shape index (κ3) is 3.08. The summed E-state index contributed by atoms with van der Waals surface area (Å²) in [5, 5.41) is 9.02. The molecule has 2 aromatic heterocycles. The van der Waals surface area contributed by atoms with Crippen molar-refractivity contribution in [2.24, 2.45) is 0 Å². The predicted octanol–water partition coefficient (Wildman–Crippen LogP) is 3.72. The number of thioether (sulfide) groups is 1. The van der Waals surface area contributed by atoms with Gasteiger partial charge in [0, 0.05) is 22.1 Å². The molecule has 0 bridgehead atoms.